The fraction of sp³-hybridized carbons (Fsp3) is 0.375. The van der Waals surface area contributed by atoms with Gasteiger partial charge in [-0.1, -0.05) is 6.07 Å². The summed E-state index contributed by atoms with van der Waals surface area (Å²) in [7, 11) is 0. The topological polar surface area (TPSA) is 21.3 Å². The molecule has 0 unspecified atom stereocenters. The van der Waals surface area contributed by atoms with Crippen molar-refractivity contribution in [2.75, 3.05) is 13.2 Å². The van der Waals surface area contributed by atoms with Gasteiger partial charge in [0.25, 0.3) is 0 Å². The first-order chi connectivity index (χ1) is 9.16. The maximum Gasteiger partial charge on any atom is 0.119 e. The summed E-state index contributed by atoms with van der Waals surface area (Å²) in [6.45, 7) is 8.88. The predicted octanol–water partition coefficient (Wildman–Crippen LogP) is 3.84. The summed E-state index contributed by atoms with van der Waals surface area (Å²) in [6.07, 6.45) is 0. The molecule has 1 aromatic carbocycles. The second-order valence-corrected chi connectivity index (χ2v) is 5.80. The summed E-state index contributed by atoms with van der Waals surface area (Å²) in [5, 5.41) is 5.55. The van der Waals surface area contributed by atoms with Crippen molar-refractivity contribution < 1.29 is 4.74 Å². The number of nitrogens with one attached hydrogen (secondary N) is 1. The zero-order valence-electron chi connectivity index (χ0n) is 11.8. The van der Waals surface area contributed by atoms with Crippen LogP contribution in [0, 0.1) is 20.8 Å². The Morgan fingerprint density at radius 3 is 2.58 bits per heavy atom. The fourth-order valence-corrected chi connectivity index (χ4v) is 2.71. The van der Waals surface area contributed by atoms with Crippen LogP contribution in [-0.4, -0.2) is 13.2 Å². The third-order valence-electron chi connectivity index (χ3n) is 3.28. The first kappa shape index (κ1) is 14.1. The van der Waals surface area contributed by atoms with E-state index in [0.717, 1.165) is 18.8 Å². The summed E-state index contributed by atoms with van der Waals surface area (Å²) in [6, 6.07) is 8.39. The SMILES string of the molecule is Cc1ccc(OCCNCc2sccc2C)cc1C. The van der Waals surface area contributed by atoms with Gasteiger partial charge in [0.05, 0.1) is 0 Å². The lowest BCUT2D eigenvalue weighted by molar-refractivity contribution is 0.313. The van der Waals surface area contributed by atoms with Crippen molar-refractivity contribution in [3.8, 4) is 5.75 Å². The lowest BCUT2D eigenvalue weighted by atomic mass is 10.1. The molecular weight excluding hydrogens is 254 g/mol. The predicted molar refractivity (Wildman–Crippen MR) is 82.2 cm³/mol. The number of rotatable bonds is 6. The van der Waals surface area contributed by atoms with Gasteiger partial charge in [0, 0.05) is 18.0 Å². The van der Waals surface area contributed by atoms with E-state index in [1.807, 2.05) is 6.07 Å². The molecular formula is C16H21NOS. The fourth-order valence-electron chi connectivity index (χ4n) is 1.83. The molecule has 0 saturated carbocycles. The van der Waals surface area contributed by atoms with E-state index in [1.165, 1.54) is 21.6 Å². The molecule has 0 saturated heterocycles. The Labute approximate surface area is 119 Å². The van der Waals surface area contributed by atoms with Gasteiger partial charge in [-0.25, -0.2) is 0 Å². The minimum Gasteiger partial charge on any atom is -0.492 e. The largest absolute Gasteiger partial charge is 0.492 e. The highest BCUT2D eigenvalue weighted by Gasteiger charge is 1.99. The first-order valence-corrected chi connectivity index (χ1v) is 7.48. The average Bonchev–Trinajstić information content (AvgIpc) is 2.79. The van der Waals surface area contributed by atoms with Gasteiger partial charge in [-0.15, -0.1) is 11.3 Å². The van der Waals surface area contributed by atoms with Gasteiger partial charge in [0.15, 0.2) is 0 Å². The number of ether oxygens (including phenoxy) is 1. The molecule has 0 aliphatic carbocycles. The quantitative estimate of drug-likeness (QED) is 0.809. The van der Waals surface area contributed by atoms with E-state index in [9.17, 15) is 0 Å². The summed E-state index contributed by atoms with van der Waals surface area (Å²) >= 11 is 1.80. The molecule has 0 radical (unpaired) electrons. The van der Waals surface area contributed by atoms with Gasteiger partial charge in [-0.3, -0.25) is 0 Å². The van der Waals surface area contributed by atoms with E-state index in [2.05, 4.69) is 49.7 Å². The maximum atomic E-state index is 5.73. The molecule has 1 heterocycles. The van der Waals surface area contributed by atoms with Crippen molar-refractivity contribution in [2.24, 2.45) is 0 Å². The van der Waals surface area contributed by atoms with Gasteiger partial charge in [-0.2, -0.15) is 0 Å². The second kappa shape index (κ2) is 6.73. The summed E-state index contributed by atoms with van der Waals surface area (Å²) < 4.78 is 5.73. The van der Waals surface area contributed by atoms with E-state index in [4.69, 9.17) is 4.74 Å². The Morgan fingerprint density at radius 1 is 1.05 bits per heavy atom. The first-order valence-electron chi connectivity index (χ1n) is 6.60. The molecule has 102 valence electrons. The van der Waals surface area contributed by atoms with Crippen molar-refractivity contribution in [3.63, 3.8) is 0 Å². The molecule has 0 aliphatic rings. The average molecular weight is 275 g/mol. The van der Waals surface area contributed by atoms with Gasteiger partial charge in [-0.05, 0) is 61.0 Å². The lowest BCUT2D eigenvalue weighted by Crippen LogP contribution is -2.20. The third-order valence-corrected chi connectivity index (χ3v) is 4.30. The number of benzene rings is 1. The Morgan fingerprint density at radius 2 is 1.89 bits per heavy atom. The zero-order chi connectivity index (χ0) is 13.7. The van der Waals surface area contributed by atoms with Crippen LogP contribution in [0.3, 0.4) is 0 Å². The Bertz CT molecular complexity index is 533. The van der Waals surface area contributed by atoms with E-state index >= 15 is 0 Å². The molecule has 0 bridgehead atoms. The minimum absolute atomic E-state index is 0.701. The number of aryl methyl sites for hydroxylation is 3. The molecule has 0 spiro atoms. The Kier molecular flexibility index (Phi) is 5.00. The highest BCUT2D eigenvalue weighted by Crippen LogP contribution is 2.16. The molecule has 0 amide bonds. The van der Waals surface area contributed by atoms with Crippen LogP contribution < -0.4 is 10.1 Å². The van der Waals surface area contributed by atoms with Gasteiger partial charge < -0.3 is 10.1 Å². The molecule has 0 aliphatic heterocycles. The summed E-state index contributed by atoms with van der Waals surface area (Å²) in [4.78, 5) is 1.41. The minimum atomic E-state index is 0.701. The molecule has 2 nitrogen and oxygen atoms in total. The Hall–Kier alpha value is -1.32. The monoisotopic (exact) mass is 275 g/mol. The van der Waals surface area contributed by atoms with Crippen LogP contribution >= 0.6 is 11.3 Å². The molecule has 0 atom stereocenters. The van der Waals surface area contributed by atoms with Crippen molar-refractivity contribution in [3.05, 3.63) is 51.2 Å². The van der Waals surface area contributed by atoms with Crippen LogP contribution in [0.4, 0.5) is 0 Å². The standard InChI is InChI=1S/C16H21NOS/c1-12-4-5-15(10-14(12)3)18-8-7-17-11-16-13(2)6-9-19-16/h4-6,9-10,17H,7-8,11H2,1-3H3. The van der Waals surface area contributed by atoms with Gasteiger partial charge in [0.2, 0.25) is 0 Å². The molecule has 2 rings (SSSR count). The summed E-state index contributed by atoms with van der Waals surface area (Å²) in [5.74, 6) is 0.956. The van der Waals surface area contributed by atoms with Crippen LogP contribution in [0.25, 0.3) is 0 Å². The Balaban J connectivity index is 1.69. The van der Waals surface area contributed by atoms with Crippen LogP contribution in [0.1, 0.15) is 21.6 Å². The molecule has 1 aromatic heterocycles. The van der Waals surface area contributed by atoms with Crippen molar-refractivity contribution in [2.45, 2.75) is 27.3 Å². The van der Waals surface area contributed by atoms with Crippen LogP contribution in [0.2, 0.25) is 0 Å². The highest BCUT2D eigenvalue weighted by atomic mass is 32.1. The normalized spacial score (nSPS) is 10.7. The summed E-state index contributed by atoms with van der Waals surface area (Å²) in [5.41, 5.74) is 3.95. The van der Waals surface area contributed by atoms with Crippen molar-refractivity contribution in [1.82, 2.24) is 5.32 Å². The van der Waals surface area contributed by atoms with Crippen LogP contribution in [0.15, 0.2) is 29.6 Å². The molecule has 2 aromatic rings. The number of hydrogen-bond donors (Lipinski definition) is 1. The molecule has 0 fully saturated rings. The third kappa shape index (κ3) is 4.08. The van der Waals surface area contributed by atoms with E-state index in [0.29, 0.717) is 6.61 Å². The zero-order valence-corrected chi connectivity index (χ0v) is 12.6. The van der Waals surface area contributed by atoms with Gasteiger partial charge >= 0.3 is 0 Å². The number of hydrogen-bond acceptors (Lipinski definition) is 3. The highest BCUT2D eigenvalue weighted by molar-refractivity contribution is 7.10. The van der Waals surface area contributed by atoms with E-state index < -0.39 is 0 Å². The molecule has 3 heteroatoms. The molecule has 1 N–H and O–H groups in total. The maximum absolute atomic E-state index is 5.73. The van der Waals surface area contributed by atoms with Crippen LogP contribution in [0.5, 0.6) is 5.75 Å². The van der Waals surface area contributed by atoms with Gasteiger partial charge in [0.1, 0.15) is 12.4 Å². The smallest absolute Gasteiger partial charge is 0.119 e. The lowest BCUT2D eigenvalue weighted by Gasteiger charge is -2.09. The number of thiophene rings is 1. The van der Waals surface area contributed by atoms with Crippen molar-refractivity contribution >= 4 is 11.3 Å². The van der Waals surface area contributed by atoms with Crippen molar-refractivity contribution in [1.29, 1.82) is 0 Å². The second-order valence-electron chi connectivity index (χ2n) is 4.80. The van der Waals surface area contributed by atoms with Crippen LogP contribution in [-0.2, 0) is 6.54 Å². The molecule has 19 heavy (non-hydrogen) atoms. The van der Waals surface area contributed by atoms with E-state index in [1.54, 1.807) is 11.3 Å². The van der Waals surface area contributed by atoms with E-state index in [-0.39, 0.29) is 0 Å².